The van der Waals surface area contributed by atoms with Crippen molar-refractivity contribution in [3.05, 3.63) is 28.8 Å². The molecular formula is C17H22ClN3O4. The van der Waals surface area contributed by atoms with Crippen molar-refractivity contribution in [1.29, 1.82) is 0 Å². The van der Waals surface area contributed by atoms with Crippen molar-refractivity contribution < 1.29 is 19.1 Å². The number of nitrogens with zero attached hydrogens (tertiary/aromatic N) is 1. The van der Waals surface area contributed by atoms with Gasteiger partial charge in [0.25, 0.3) is 5.91 Å². The number of carbonyl (C=O) groups is 3. The van der Waals surface area contributed by atoms with E-state index in [9.17, 15) is 14.4 Å². The number of benzene rings is 1. The monoisotopic (exact) mass is 367 g/mol. The zero-order valence-electron chi connectivity index (χ0n) is 14.5. The topological polar surface area (TPSA) is 87.7 Å². The van der Waals surface area contributed by atoms with Crippen molar-refractivity contribution >= 4 is 29.3 Å². The molecule has 1 aliphatic heterocycles. The number of halogens is 1. The van der Waals surface area contributed by atoms with Gasteiger partial charge in [-0.2, -0.15) is 0 Å². The summed E-state index contributed by atoms with van der Waals surface area (Å²) in [6.07, 6.45) is 0.148. The summed E-state index contributed by atoms with van der Waals surface area (Å²) in [7, 11) is 1.44. The Bertz CT molecular complexity index is 678. The Kier molecular flexibility index (Phi) is 6.25. The van der Waals surface area contributed by atoms with Crippen LogP contribution in [0.3, 0.4) is 0 Å². The van der Waals surface area contributed by atoms with E-state index in [2.05, 4.69) is 10.9 Å². The first-order chi connectivity index (χ1) is 11.8. The van der Waals surface area contributed by atoms with Crippen LogP contribution in [0.15, 0.2) is 18.2 Å². The Labute approximate surface area is 151 Å². The minimum absolute atomic E-state index is 0.0447. The van der Waals surface area contributed by atoms with E-state index in [1.54, 1.807) is 17.0 Å². The molecule has 1 heterocycles. The summed E-state index contributed by atoms with van der Waals surface area (Å²) in [5.41, 5.74) is 4.92. The van der Waals surface area contributed by atoms with E-state index in [0.717, 1.165) is 0 Å². The molecule has 0 spiro atoms. The van der Waals surface area contributed by atoms with Crippen molar-refractivity contribution in [2.75, 3.05) is 20.2 Å². The van der Waals surface area contributed by atoms with Crippen LogP contribution in [0, 0.1) is 11.8 Å². The summed E-state index contributed by atoms with van der Waals surface area (Å²) < 4.78 is 5.11. The van der Waals surface area contributed by atoms with Crippen LogP contribution >= 0.6 is 11.6 Å². The summed E-state index contributed by atoms with van der Waals surface area (Å²) in [6, 6.07) is 4.62. The molecule has 0 bridgehead atoms. The van der Waals surface area contributed by atoms with E-state index in [4.69, 9.17) is 16.3 Å². The lowest BCUT2D eigenvalue weighted by Crippen LogP contribution is -2.45. The maximum absolute atomic E-state index is 12.2. The van der Waals surface area contributed by atoms with Crippen molar-refractivity contribution in [3.8, 4) is 5.75 Å². The third-order valence-electron chi connectivity index (χ3n) is 3.88. The van der Waals surface area contributed by atoms with Gasteiger partial charge in [0.2, 0.25) is 11.8 Å². The SMILES string of the molecule is COc1ccc(Cl)cc1C(=O)NNC(=O)[C@@H]1CC(=O)N(CC(C)C)C1. The molecule has 1 atom stereocenters. The molecule has 8 heteroatoms. The fourth-order valence-corrected chi connectivity index (χ4v) is 2.88. The molecule has 0 saturated carbocycles. The Morgan fingerprint density at radius 2 is 2.08 bits per heavy atom. The van der Waals surface area contributed by atoms with Gasteiger partial charge in [-0.1, -0.05) is 25.4 Å². The molecular weight excluding hydrogens is 346 g/mol. The normalized spacial score (nSPS) is 16.9. The highest BCUT2D eigenvalue weighted by molar-refractivity contribution is 6.31. The zero-order chi connectivity index (χ0) is 18.6. The van der Waals surface area contributed by atoms with E-state index in [1.165, 1.54) is 13.2 Å². The maximum Gasteiger partial charge on any atom is 0.273 e. The van der Waals surface area contributed by atoms with E-state index in [1.807, 2.05) is 13.8 Å². The van der Waals surface area contributed by atoms with E-state index in [-0.39, 0.29) is 17.9 Å². The lowest BCUT2D eigenvalue weighted by atomic mass is 10.1. The molecule has 3 amide bonds. The van der Waals surface area contributed by atoms with Gasteiger partial charge in [0.15, 0.2) is 0 Å². The van der Waals surface area contributed by atoms with Crippen molar-refractivity contribution in [2.45, 2.75) is 20.3 Å². The molecule has 136 valence electrons. The number of amides is 3. The lowest BCUT2D eigenvalue weighted by Gasteiger charge is -2.18. The van der Waals surface area contributed by atoms with E-state index >= 15 is 0 Å². The fourth-order valence-electron chi connectivity index (χ4n) is 2.71. The predicted octanol–water partition coefficient (Wildman–Crippen LogP) is 1.61. The quantitative estimate of drug-likeness (QED) is 0.774. The van der Waals surface area contributed by atoms with Crippen molar-refractivity contribution in [3.63, 3.8) is 0 Å². The number of rotatable bonds is 5. The Morgan fingerprint density at radius 1 is 1.36 bits per heavy atom. The summed E-state index contributed by atoms with van der Waals surface area (Å²) in [4.78, 5) is 38.1. The van der Waals surface area contributed by atoms with Crippen LogP contribution in [-0.4, -0.2) is 42.8 Å². The highest BCUT2D eigenvalue weighted by Gasteiger charge is 2.34. The number of likely N-dealkylation sites (tertiary alicyclic amines) is 1. The van der Waals surface area contributed by atoms with E-state index in [0.29, 0.717) is 29.8 Å². The zero-order valence-corrected chi connectivity index (χ0v) is 15.2. The van der Waals surface area contributed by atoms with Gasteiger partial charge in [0, 0.05) is 24.5 Å². The number of methoxy groups -OCH3 is 1. The summed E-state index contributed by atoms with van der Waals surface area (Å²) >= 11 is 5.89. The van der Waals surface area contributed by atoms with Crippen LogP contribution < -0.4 is 15.6 Å². The molecule has 25 heavy (non-hydrogen) atoms. The third-order valence-corrected chi connectivity index (χ3v) is 4.11. The number of hydrogen-bond acceptors (Lipinski definition) is 4. The van der Waals surface area contributed by atoms with Crippen LogP contribution in [0.2, 0.25) is 5.02 Å². The summed E-state index contributed by atoms with van der Waals surface area (Å²) in [6.45, 7) is 5.01. The van der Waals surface area contributed by atoms with E-state index < -0.39 is 17.7 Å². The summed E-state index contributed by atoms with van der Waals surface area (Å²) in [5, 5.41) is 0.378. The molecule has 1 fully saturated rings. The molecule has 0 unspecified atom stereocenters. The largest absolute Gasteiger partial charge is 0.496 e. The minimum atomic E-state index is -0.545. The van der Waals surface area contributed by atoms with Crippen LogP contribution in [-0.2, 0) is 9.59 Å². The second-order valence-corrected chi connectivity index (χ2v) is 6.82. The number of hydrogen-bond donors (Lipinski definition) is 2. The Hall–Kier alpha value is -2.28. The molecule has 1 saturated heterocycles. The number of hydrazine groups is 1. The molecule has 7 nitrogen and oxygen atoms in total. The third kappa shape index (κ3) is 4.85. The summed E-state index contributed by atoms with van der Waals surface area (Å²) in [5.74, 6) is -0.787. The molecule has 1 aliphatic rings. The van der Waals surface area contributed by atoms with Gasteiger partial charge in [-0.3, -0.25) is 25.2 Å². The average molecular weight is 368 g/mol. The predicted molar refractivity (Wildman–Crippen MR) is 93.1 cm³/mol. The average Bonchev–Trinajstić information content (AvgIpc) is 2.92. The molecule has 0 aromatic heterocycles. The molecule has 0 radical (unpaired) electrons. The van der Waals surface area contributed by atoms with Gasteiger partial charge in [-0.15, -0.1) is 0 Å². The Morgan fingerprint density at radius 3 is 2.72 bits per heavy atom. The highest BCUT2D eigenvalue weighted by Crippen LogP contribution is 2.22. The van der Waals surface area contributed by atoms with Crippen LogP contribution in [0.25, 0.3) is 0 Å². The molecule has 1 aromatic carbocycles. The molecule has 0 aliphatic carbocycles. The van der Waals surface area contributed by atoms with Gasteiger partial charge in [-0.05, 0) is 24.1 Å². The van der Waals surface area contributed by atoms with Crippen molar-refractivity contribution in [2.24, 2.45) is 11.8 Å². The maximum atomic E-state index is 12.2. The highest BCUT2D eigenvalue weighted by atomic mass is 35.5. The standard InChI is InChI=1S/C17H22ClN3O4/c1-10(2)8-21-9-11(6-15(21)22)16(23)19-20-17(24)13-7-12(18)4-5-14(13)25-3/h4-5,7,10-11H,6,8-9H2,1-3H3,(H,19,23)(H,20,24)/t11-/m1/s1. The first-order valence-corrected chi connectivity index (χ1v) is 8.41. The first-order valence-electron chi connectivity index (χ1n) is 8.03. The molecule has 1 aromatic rings. The number of nitrogens with one attached hydrogen (secondary N) is 2. The van der Waals surface area contributed by atoms with Crippen molar-refractivity contribution in [1.82, 2.24) is 15.8 Å². The lowest BCUT2D eigenvalue weighted by molar-refractivity contribution is -0.129. The minimum Gasteiger partial charge on any atom is -0.496 e. The number of carbonyl (C=O) groups excluding carboxylic acids is 3. The van der Waals surface area contributed by atoms with Gasteiger partial charge >= 0.3 is 0 Å². The first kappa shape index (κ1) is 19.1. The van der Waals surface area contributed by atoms with Gasteiger partial charge in [0.05, 0.1) is 18.6 Å². The van der Waals surface area contributed by atoms with Crippen LogP contribution in [0.4, 0.5) is 0 Å². The number of ether oxygens (including phenoxy) is 1. The molecule has 2 N–H and O–H groups in total. The van der Waals surface area contributed by atoms with Crippen LogP contribution in [0.5, 0.6) is 5.75 Å². The second-order valence-electron chi connectivity index (χ2n) is 6.38. The second kappa shape index (κ2) is 8.20. The van der Waals surface area contributed by atoms with Crippen LogP contribution in [0.1, 0.15) is 30.6 Å². The Balaban J connectivity index is 1.93. The van der Waals surface area contributed by atoms with Gasteiger partial charge < -0.3 is 9.64 Å². The fraction of sp³-hybridized carbons (Fsp3) is 0.471. The smallest absolute Gasteiger partial charge is 0.273 e. The van der Waals surface area contributed by atoms with Gasteiger partial charge in [-0.25, -0.2) is 0 Å². The molecule has 2 rings (SSSR count). The van der Waals surface area contributed by atoms with Gasteiger partial charge in [0.1, 0.15) is 5.75 Å².